The van der Waals surface area contributed by atoms with Crippen molar-refractivity contribution >= 4 is 46.3 Å². The normalized spacial score (nSPS) is 14.8. The Morgan fingerprint density at radius 1 is 0.970 bits per heavy atom. The second-order valence-corrected chi connectivity index (χ2v) is 8.48. The van der Waals surface area contributed by atoms with Gasteiger partial charge in [-0.3, -0.25) is 9.59 Å². The number of halogens is 2. The fraction of sp³-hybridized carbons (Fsp3) is 0.120. The number of amides is 2. The van der Waals surface area contributed by atoms with Crippen LogP contribution in [0.25, 0.3) is 6.08 Å². The van der Waals surface area contributed by atoms with E-state index >= 15 is 0 Å². The van der Waals surface area contributed by atoms with Gasteiger partial charge in [-0.05, 0) is 84.4 Å². The summed E-state index contributed by atoms with van der Waals surface area (Å²) in [6.45, 7) is 2.52. The van der Waals surface area contributed by atoms with Crippen molar-refractivity contribution < 1.29 is 23.5 Å². The summed E-state index contributed by atoms with van der Waals surface area (Å²) in [5.41, 5.74) is 1.97. The van der Waals surface area contributed by atoms with Crippen LogP contribution in [0.15, 0.2) is 71.6 Å². The molecule has 5 nitrogen and oxygen atoms in total. The molecule has 3 aromatic carbocycles. The Labute approximate surface area is 199 Å². The van der Waals surface area contributed by atoms with Gasteiger partial charge in [0.15, 0.2) is 11.5 Å². The minimum absolute atomic E-state index is 0.250. The molecule has 33 heavy (non-hydrogen) atoms. The van der Waals surface area contributed by atoms with E-state index in [1.54, 1.807) is 60.7 Å². The van der Waals surface area contributed by atoms with Crippen molar-refractivity contribution in [1.82, 2.24) is 0 Å². The second kappa shape index (κ2) is 10.1. The predicted octanol–water partition coefficient (Wildman–Crippen LogP) is 6.70. The summed E-state index contributed by atoms with van der Waals surface area (Å²) >= 11 is 6.77. The van der Waals surface area contributed by atoms with Crippen LogP contribution in [0, 0.1) is 5.82 Å². The lowest BCUT2D eigenvalue weighted by Gasteiger charge is -2.13. The summed E-state index contributed by atoms with van der Waals surface area (Å²) in [5, 5.41) is 0.143. The zero-order chi connectivity index (χ0) is 23.4. The Morgan fingerprint density at radius 3 is 2.39 bits per heavy atom. The number of hydrogen-bond donors (Lipinski definition) is 0. The molecule has 1 aliphatic rings. The molecule has 1 heterocycles. The molecule has 0 atom stereocenters. The third-order valence-electron chi connectivity index (χ3n) is 4.75. The van der Waals surface area contributed by atoms with Crippen LogP contribution in [0.3, 0.4) is 0 Å². The van der Waals surface area contributed by atoms with Gasteiger partial charge in [-0.25, -0.2) is 9.29 Å². The minimum Gasteiger partial charge on any atom is -0.490 e. The van der Waals surface area contributed by atoms with Crippen molar-refractivity contribution in [3.63, 3.8) is 0 Å². The summed E-state index contributed by atoms with van der Waals surface area (Å²) in [7, 11) is 0. The third kappa shape index (κ3) is 5.38. The van der Waals surface area contributed by atoms with Gasteiger partial charge >= 0.3 is 0 Å². The van der Waals surface area contributed by atoms with Crippen LogP contribution in [-0.4, -0.2) is 17.8 Å². The first-order valence-corrected chi connectivity index (χ1v) is 11.3. The zero-order valence-electron chi connectivity index (χ0n) is 17.6. The van der Waals surface area contributed by atoms with Gasteiger partial charge in [0.25, 0.3) is 11.1 Å². The smallest absolute Gasteiger partial charge is 0.298 e. The van der Waals surface area contributed by atoms with Crippen molar-refractivity contribution in [3.8, 4) is 11.5 Å². The summed E-state index contributed by atoms with van der Waals surface area (Å²) in [5.74, 6) is 0.318. The first-order chi connectivity index (χ1) is 15.9. The van der Waals surface area contributed by atoms with E-state index in [1.807, 2.05) is 6.92 Å². The van der Waals surface area contributed by atoms with E-state index in [0.717, 1.165) is 22.2 Å². The molecule has 1 fully saturated rings. The van der Waals surface area contributed by atoms with Gasteiger partial charge in [0.2, 0.25) is 0 Å². The van der Waals surface area contributed by atoms with Crippen LogP contribution in [0.2, 0.25) is 5.02 Å². The van der Waals surface area contributed by atoms with Gasteiger partial charge in [0.1, 0.15) is 12.4 Å². The van der Waals surface area contributed by atoms with Crippen LogP contribution in [0.1, 0.15) is 18.1 Å². The van der Waals surface area contributed by atoms with E-state index in [0.29, 0.717) is 39.3 Å². The number of benzene rings is 3. The standard InChI is InChI=1S/C25H19ClFNO4S/c1-2-31-22-13-17(5-12-21(22)32-15-16-3-8-19(27)9-4-16)14-23-24(29)28(25(30)33-23)20-10-6-18(26)7-11-20/h3-14H,2,15H2,1H3/b23-14+. The molecule has 168 valence electrons. The first-order valence-electron chi connectivity index (χ1n) is 10.1. The largest absolute Gasteiger partial charge is 0.490 e. The number of thioether (sulfide) groups is 1. The van der Waals surface area contributed by atoms with Gasteiger partial charge in [0, 0.05) is 5.02 Å². The number of rotatable bonds is 7. The summed E-state index contributed by atoms with van der Waals surface area (Å²) < 4.78 is 24.6. The Balaban J connectivity index is 1.54. The van der Waals surface area contributed by atoms with Crippen LogP contribution < -0.4 is 14.4 Å². The van der Waals surface area contributed by atoms with E-state index in [1.165, 1.54) is 12.1 Å². The summed E-state index contributed by atoms with van der Waals surface area (Å²) in [4.78, 5) is 26.8. The molecule has 0 N–H and O–H groups in total. The molecule has 0 radical (unpaired) electrons. The van der Waals surface area contributed by atoms with Crippen molar-refractivity contribution in [1.29, 1.82) is 0 Å². The summed E-state index contributed by atoms with van der Waals surface area (Å²) in [6, 6.07) is 17.8. The fourth-order valence-corrected chi connectivity index (χ4v) is 4.14. The lowest BCUT2D eigenvalue weighted by atomic mass is 10.1. The number of ether oxygens (including phenoxy) is 2. The predicted molar refractivity (Wildman–Crippen MR) is 128 cm³/mol. The Kier molecular flexibility index (Phi) is 7.01. The molecule has 0 aliphatic carbocycles. The molecular weight excluding hydrogens is 465 g/mol. The zero-order valence-corrected chi connectivity index (χ0v) is 19.2. The molecule has 0 saturated carbocycles. The highest BCUT2D eigenvalue weighted by Gasteiger charge is 2.36. The Morgan fingerprint density at radius 2 is 1.70 bits per heavy atom. The number of carbonyl (C=O) groups is 2. The molecule has 0 aromatic heterocycles. The minimum atomic E-state index is -0.401. The van der Waals surface area contributed by atoms with Crippen molar-refractivity contribution in [2.24, 2.45) is 0 Å². The van der Waals surface area contributed by atoms with Gasteiger partial charge in [-0.2, -0.15) is 0 Å². The molecule has 0 spiro atoms. The van der Waals surface area contributed by atoms with E-state index in [4.69, 9.17) is 21.1 Å². The molecule has 1 saturated heterocycles. The van der Waals surface area contributed by atoms with Gasteiger partial charge in [-0.1, -0.05) is 29.8 Å². The Bertz CT molecular complexity index is 1210. The highest BCUT2D eigenvalue weighted by atomic mass is 35.5. The SMILES string of the molecule is CCOc1cc(/C=C2/SC(=O)N(c3ccc(Cl)cc3)C2=O)ccc1OCc1ccc(F)cc1. The molecule has 3 aromatic rings. The maximum Gasteiger partial charge on any atom is 0.298 e. The fourth-order valence-electron chi connectivity index (χ4n) is 3.18. The monoisotopic (exact) mass is 483 g/mol. The van der Waals surface area contributed by atoms with Crippen LogP contribution in [0.4, 0.5) is 14.9 Å². The molecule has 0 unspecified atom stereocenters. The topological polar surface area (TPSA) is 55.8 Å². The molecule has 2 amide bonds. The number of hydrogen-bond acceptors (Lipinski definition) is 5. The maximum atomic E-state index is 13.1. The van der Waals surface area contributed by atoms with E-state index in [9.17, 15) is 14.0 Å². The average Bonchev–Trinajstić information content (AvgIpc) is 3.08. The lowest BCUT2D eigenvalue weighted by Crippen LogP contribution is -2.27. The Hall–Kier alpha value is -3.29. The second-order valence-electron chi connectivity index (χ2n) is 7.05. The molecule has 8 heteroatoms. The molecule has 1 aliphatic heterocycles. The number of nitrogens with zero attached hydrogens (tertiary/aromatic N) is 1. The van der Waals surface area contributed by atoms with Crippen LogP contribution in [0.5, 0.6) is 11.5 Å². The van der Waals surface area contributed by atoms with Crippen molar-refractivity contribution in [3.05, 3.63) is 93.6 Å². The van der Waals surface area contributed by atoms with E-state index < -0.39 is 5.91 Å². The number of imide groups is 1. The lowest BCUT2D eigenvalue weighted by molar-refractivity contribution is -0.113. The van der Waals surface area contributed by atoms with Crippen molar-refractivity contribution in [2.75, 3.05) is 11.5 Å². The average molecular weight is 484 g/mol. The van der Waals surface area contributed by atoms with E-state index in [2.05, 4.69) is 0 Å². The summed E-state index contributed by atoms with van der Waals surface area (Å²) in [6.07, 6.45) is 1.65. The first kappa shape index (κ1) is 22.9. The van der Waals surface area contributed by atoms with Crippen LogP contribution in [-0.2, 0) is 11.4 Å². The molecule has 0 bridgehead atoms. The van der Waals surface area contributed by atoms with Crippen LogP contribution >= 0.6 is 23.4 Å². The maximum absolute atomic E-state index is 13.1. The quantitative estimate of drug-likeness (QED) is 0.350. The highest BCUT2D eigenvalue weighted by Crippen LogP contribution is 2.37. The number of anilines is 1. The van der Waals surface area contributed by atoms with Gasteiger partial charge in [0.05, 0.1) is 17.2 Å². The molecule has 4 rings (SSSR count). The van der Waals surface area contributed by atoms with Crippen molar-refractivity contribution in [2.45, 2.75) is 13.5 Å². The molecular formula is C25H19ClFNO4S. The van der Waals surface area contributed by atoms with E-state index in [-0.39, 0.29) is 17.7 Å². The highest BCUT2D eigenvalue weighted by molar-refractivity contribution is 8.19. The van der Waals surface area contributed by atoms with Gasteiger partial charge in [-0.15, -0.1) is 0 Å². The number of carbonyl (C=O) groups excluding carboxylic acids is 2. The van der Waals surface area contributed by atoms with Gasteiger partial charge < -0.3 is 9.47 Å². The third-order valence-corrected chi connectivity index (χ3v) is 5.87.